The van der Waals surface area contributed by atoms with E-state index in [0.717, 1.165) is 32.5 Å². The van der Waals surface area contributed by atoms with Crippen LogP contribution in [-0.2, 0) is 4.79 Å². The third-order valence-electron chi connectivity index (χ3n) is 4.01. The van der Waals surface area contributed by atoms with Crippen LogP contribution >= 0.6 is 23.2 Å². The molecule has 1 amide bonds. The third kappa shape index (κ3) is 5.04. The number of benzene rings is 1. The minimum Gasteiger partial charge on any atom is -0.482 e. The van der Waals surface area contributed by atoms with Crippen LogP contribution in [-0.4, -0.2) is 44.1 Å². The number of hydrogen-bond donors (Lipinski definition) is 1. The van der Waals surface area contributed by atoms with Gasteiger partial charge < -0.3 is 15.0 Å². The number of halogens is 2. The number of amides is 1. The van der Waals surface area contributed by atoms with Crippen molar-refractivity contribution in [3.8, 4) is 5.75 Å². The summed E-state index contributed by atoms with van der Waals surface area (Å²) in [5.74, 6) is 1.21. The van der Waals surface area contributed by atoms with Crippen LogP contribution in [0, 0.1) is 5.92 Å². The Hall–Kier alpha value is -0.970. The normalized spacial score (nSPS) is 15.9. The van der Waals surface area contributed by atoms with Crippen LogP contribution in [0.25, 0.3) is 0 Å². The van der Waals surface area contributed by atoms with E-state index in [0.29, 0.717) is 21.7 Å². The molecule has 1 N–H and O–H groups in total. The number of ether oxygens (including phenoxy) is 1. The van der Waals surface area contributed by atoms with Gasteiger partial charge in [-0.05, 0) is 57.0 Å². The number of piperidine rings is 1. The summed E-state index contributed by atoms with van der Waals surface area (Å²) in [5, 5.41) is 4.14. The van der Waals surface area contributed by atoms with Gasteiger partial charge >= 0.3 is 0 Å². The zero-order chi connectivity index (χ0) is 15.9. The van der Waals surface area contributed by atoms with E-state index in [1.165, 1.54) is 6.42 Å². The standard InChI is InChI=1S/C16H22Cl2N2O2/c1-19-7-4-12-5-8-20(9-6-12)16(21)11-22-15-3-2-13(17)10-14(15)18/h2-3,10,12,19H,4-9,11H2,1H3. The van der Waals surface area contributed by atoms with Crippen molar-refractivity contribution in [2.45, 2.75) is 19.3 Å². The molecule has 0 bridgehead atoms. The first-order valence-corrected chi connectivity index (χ1v) is 8.36. The van der Waals surface area contributed by atoms with Crippen molar-refractivity contribution in [2.24, 2.45) is 5.92 Å². The number of rotatable bonds is 6. The Labute approximate surface area is 141 Å². The number of hydrogen-bond acceptors (Lipinski definition) is 3. The summed E-state index contributed by atoms with van der Waals surface area (Å²) in [5.41, 5.74) is 0. The van der Waals surface area contributed by atoms with Crippen molar-refractivity contribution in [3.63, 3.8) is 0 Å². The molecule has 6 heteroatoms. The van der Waals surface area contributed by atoms with Gasteiger partial charge in [0.05, 0.1) is 5.02 Å². The monoisotopic (exact) mass is 344 g/mol. The lowest BCUT2D eigenvalue weighted by atomic mass is 9.93. The highest BCUT2D eigenvalue weighted by molar-refractivity contribution is 6.35. The number of nitrogens with zero attached hydrogens (tertiary/aromatic N) is 1. The summed E-state index contributed by atoms with van der Waals surface area (Å²) in [6, 6.07) is 4.98. The minimum absolute atomic E-state index is 0.0121. The van der Waals surface area contributed by atoms with E-state index in [9.17, 15) is 4.79 Å². The Kier molecular flexibility index (Phi) is 6.80. The Morgan fingerprint density at radius 2 is 2.09 bits per heavy atom. The molecule has 1 heterocycles. The van der Waals surface area contributed by atoms with Crippen molar-refractivity contribution < 1.29 is 9.53 Å². The predicted octanol–water partition coefficient (Wildman–Crippen LogP) is 3.22. The Balaban J connectivity index is 1.76. The summed E-state index contributed by atoms with van der Waals surface area (Å²) < 4.78 is 5.51. The summed E-state index contributed by atoms with van der Waals surface area (Å²) in [6.45, 7) is 2.68. The molecule has 1 aromatic carbocycles. The van der Waals surface area contributed by atoms with Crippen LogP contribution in [0.1, 0.15) is 19.3 Å². The van der Waals surface area contributed by atoms with Crippen LogP contribution in [0.4, 0.5) is 0 Å². The van der Waals surface area contributed by atoms with Crippen LogP contribution < -0.4 is 10.1 Å². The molecule has 122 valence electrons. The van der Waals surface area contributed by atoms with Gasteiger partial charge in [0.15, 0.2) is 6.61 Å². The molecule has 0 spiro atoms. The van der Waals surface area contributed by atoms with Gasteiger partial charge in [0.25, 0.3) is 5.91 Å². The smallest absolute Gasteiger partial charge is 0.260 e. The summed E-state index contributed by atoms with van der Waals surface area (Å²) in [6.07, 6.45) is 3.31. The average molecular weight is 345 g/mol. The maximum atomic E-state index is 12.2. The van der Waals surface area contributed by atoms with E-state index < -0.39 is 0 Å². The molecule has 2 rings (SSSR count). The lowest BCUT2D eigenvalue weighted by Crippen LogP contribution is -2.41. The number of carbonyl (C=O) groups is 1. The maximum Gasteiger partial charge on any atom is 0.260 e. The van der Waals surface area contributed by atoms with Crippen LogP contribution in [0.2, 0.25) is 10.0 Å². The van der Waals surface area contributed by atoms with Crippen molar-refractivity contribution in [1.82, 2.24) is 10.2 Å². The fourth-order valence-corrected chi connectivity index (χ4v) is 3.11. The van der Waals surface area contributed by atoms with E-state index in [2.05, 4.69) is 5.32 Å². The zero-order valence-corrected chi connectivity index (χ0v) is 14.3. The van der Waals surface area contributed by atoms with Crippen molar-refractivity contribution in [1.29, 1.82) is 0 Å². The van der Waals surface area contributed by atoms with E-state index >= 15 is 0 Å². The zero-order valence-electron chi connectivity index (χ0n) is 12.8. The highest BCUT2D eigenvalue weighted by Crippen LogP contribution is 2.27. The Morgan fingerprint density at radius 1 is 1.36 bits per heavy atom. The second-order valence-corrected chi connectivity index (χ2v) is 6.42. The fourth-order valence-electron chi connectivity index (χ4n) is 2.64. The maximum absolute atomic E-state index is 12.2. The molecule has 4 nitrogen and oxygen atoms in total. The largest absolute Gasteiger partial charge is 0.482 e. The molecule has 1 aliphatic rings. The molecular weight excluding hydrogens is 323 g/mol. The fraction of sp³-hybridized carbons (Fsp3) is 0.562. The summed E-state index contributed by atoms with van der Waals surface area (Å²) in [4.78, 5) is 14.1. The molecule has 0 aliphatic carbocycles. The molecule has 22 heavy (non-hydrogen) atoms. The van der Waals surface area contributed by atoms with E-state index in [1.54, 1.807) is 18.2 Å². The molecule has 0 unspecified atom stereocenters. The van der Waals surface area contributed by atoms with Gasteiger partial charge in [0.2, 0.25) is 0 Å². The highest BCUT2D eigenvalue weighted by Gasteiger charge is 2.22. The van der Waals surface area contributed by atoms with E-state index in [-0.39, 0.29) is 12.5 Å². The van der Waals surface area contributed by atoms with Gasteiger partial charge in [0.1, 0.15) is 5.75 Å². The van der Waals surface area contributed by atoms with Crippen LogP contribution in [0.15, 0.2) is 18.2 Å². The number of carbonyl (C=O) groups excluding carboxylic acids is 1. The minimum atomic E-state index is 0.0121. The molecule has 1 saturated heterocycles. The highest BCUT2D eigenvalue weighted by atomic mass is 35.5. The quantitative estimate of drug-likeness (QED) is 0.861. The molecule has 0 atom stereocenters. The summed E-state index contributed by atoms with van der Waals surface area (Å²) in [7, 11) is 1.97. The van der Waals surface area contributed by atoms with Crippen molar-refractivity contribution in [3.05, 3.63) is 28.2 Å². The average Bonchev–Trinajstić information content (AvgIpc) is 2.52. The first kappa shape index (κ1) is 17.4. The molecular formula is C16H22Cl2N2O2. The van der Waals surface area contributed by atoms with Crippen molar-refractivity contribution in [2.75, 3.05) is 33.3 Å². The molecule has 1 aliphatic heterocycles. The van der Waals surface area contributed by atoms with Gasteiger partial charge in [-0.3, -0.25) is 4.79 Å². The van der Waals surface area contributed by atoms with E-state index in [1.807, 2.05) is 11.9 Å². The molecule has 0 saturated carbocycles. The van der Waals surface area contributed by atoms with Crippen LogP contribution in [0.3, 0.4) is 0 Å². The molecule has 0 aromatic heterocycles. The van der Waals surface area contributed by atoms with E-state index in [4.69, 9.17) is 27.9 Å². The molecule has 0 radical (unpaired) electrons. The lowest BCUT2D eigenvalue weighted by molar-refractivity contribution is -0.134. The first-order valence-electron chi connectivity index (χ1n) is 7.60. The number of likely N-dealkylation sites (tertiary alicyclic amines) is 1. The van der Waals surface area contributed by atoms with Gasteiger partial charge in [-0.1, -0.05) is 23.2 Å². The molecule has 1 fully saturated rings. The second-order valence-electron chi connectivity index (χ2n) is 5.58. The predicted molar refractivity (Wildman–Crippen MR) is 89.8 cm³/mol. The van der Waals surface area contributed by atoms with Gasteiger partial charge in [0, 0.05) is 18.1 Å². The molecule has 1 aromatic rings. The Morgan fingerprint density at radius 3 is 2.73 bits per heavy atom. The lowest BCUT2D eigenvalue weighted by Gasteiger charge is -2.32. The van der Waals surface area contributed by atoms with Gasteiger partial charge in [-0.15, -0.1) is 0 Å². The number of nitrogens with one attached hydrogen (secondary N) is 1. The SMILES string of the molecule is CNCCC1CCN(C(=O)COc2ccc(Cl)cc2Cl)CC1. The van der Waals surface area contributed by atoms with Crippen molar-refractivity contribution >= 4 is 29.1 Å². The first-order chi connectivity index (χ1) is 10.6. The van der Waals surface area contributed by atoms with Gasteiger partial charge in [-0.2, -0.15) is 0 Å². The van der Waals surface area contributed by atoms with Crippen LogP contribution in [0.5, 0.6) is 5.75 Å². The van der Waals surface area contributed by atoms with Gasteiger partial charge in [-0.25, -0.2) is 0 Å². The second kappa shape index (κ2) is 8.61. The summed E-state index contributed by atoms with van der Waals surface area (Å²) >= 11 is 11.9. The topological polar surface area (TPSA) is 41.6 Å². The Bertz CT molecular complexity index is 503. The third-order valence-corrected chi connectivity index (χ3v) is 4.55.